The number of aromatic nitrogens is 3. The van der Waals surface area contributed by atoms with Crippen molar-refractivity contribution in [3.63, 3.8) is 0 Å². The molecule has 0 fully saturated rings. The second-order valence-corrected chi connectivity index (χ2v) is 4.44. The predicted molar refractivity (Wildman–Crippen MR) is 77.0 cm³/mol. The third-order valence-corrected chi connectivity index (χ3v) is 3.07. The molecule has 0 amide bonds. The molecule has 21 heavy (non-hydrogen) atoms. The van der Waals surface area contributed by atoms with E-state index in [4.69, 9.17) is 9.84 Å². The molecule has 0 bridgehead atoms. The van der Waals surface area contributed by atoms with Crippen LogP contribution in [0.5, 0.6) is 5.75 Å². The first-order chi connectivity index (χ1) is 10.2. The van der Waals surface area contributed by atoms with Gasteiger partial charge in [-0.15, -0.1) is 5.10 Å². The molecule has 6 nitrogen and oxygen atoms in total. The lowest BCUT2D eigenvalue weighted by atomic mass is 10.2. The van der Waals surface area contributed by atoms with Gasteiger partial charge in [0.15, 0.2) is 0 Å². The van der Waals surface area contributed by atoms with Crippen LogP contribution in [0.15, 0.2) is 42.5 Å². The van der Waals surface area contributed by atoms with Crippen LogP contribution in [0.4, 0.5) is 0 Å². The van der Waals surface area contributed by atoms with E-state index in [0.717, 1.165) is 17.0 Å². The summed E-state index contributed by atoms with van der Waals surface area (Å²) in [6.07, 6.45) is 0. The molecule has 0 aliphatic carbocycles. The molecule has 0 unspecified atom stereocenters. The van der Waals surface area contributed by atoms with Crippen LogP contribution in [0.2, 0.25) is 0 Å². The van der Waals surface area contributed by atoms with Gasteiger partial charge in [0.1, 0.15) is 11.3 Å². The van der Waals surface area contributed by atoms with Crippen molar-refractivity contribution in [2.75, 3.05) is 6.61 Å². The molecule has 6 heteroatoms. The van der Waals surface area contributed by atoms with Crippen molar-refractivity contribution in [2.45, 2.75) is 6.92 Å². The smallest absolute Gasteiger partial charge is 0.335 e. The van der Waals surface area contributed by atoms with Gasteiger partial charge in [-0.2, -0.15) is 0 Å². The van der Waals surface area contributed by atoms with Crippen LogP contribution in [0.25, 0.3) is 16.7 Å². The first-order valence-corrected chi connectivity index (χ1v) is 6.51. The quantitative estimate of drug-likeness (QED) is 0.796. The van der Waals surface area contributed by atoms with Crippen molar-refractivity contribution < 1.29 is 14.6 Å². The van der Waals surface area contributed by atoms with Crippen LogP contribution < -0.4 is 4.74 Å². The Morgan fingerprint density at radius 1 is 1.29 bits per heavy atom. The van der Waals surface area contributed by atoms with Gasteiger partial charge in [-0.1, -0.05) is 11.3 Å². The van der Waals surface area contributed by atoms with Crippen molar-refractivity contribution in [1.82, 2.24) is 15.0 Å². The van der Waals surface area contributed by atoms with Crippen molar-refractivity contribution in [3.05, 3.63) is 48.0 Å². The Kier molecular flexibility index (Phi) is 3.27. The van der Waals surface area contributed by atoms with Gasteiger partial charge in [-0.25, -0.2) is 9.48 Å². The molecule has 0 aliphatic heterocycles. The molecule has 0 spiro atoms. The van der Waals surface area contributed by atoms with Gasteiger partial charge in [0.05, 0.1) is 23.4 Å². The van der Waals surface area contributed by atoms with Crippen molar-refractivity contribution in [1.29, 1.82) is 0 Å². The Bertz CT molecular complexity index is 811. The maximum Gasteiger partial charge on any atom is 0.335 e. The summed E-state index contributed by atoms with van der Waals surface area (Å²) in [4.78, 5) is 11.0. The number of nitrogens with zero attached hydrogens (tertiary/aromatic N) is 3. The number of carboxylic acid groups (broad SMARTS) is 1. The minimum Gasteiger partial charge on any atom is -0.494 e. The highest BCUT2D eigenvalue weighted by molar-refractivity contribution is 5.92. The summed E-state index contributed by atoms with van der Waals surface area (Å²) in [6.45, 7) is 2.51. The van der Waals surface area contributed by atoms with E-state index < -0.39 is 5.97 Å². The van der Waals surface area contributed by atoms with Gasteiger partial charge < -0.3 is 9.84 Å². The van der Waals surface area contributed by atoms with Gasteiger partial charge in [0.2, 0.25) is 0 Å². The number of carbonyl (C=O) groups is 1. The first-order valence-electron chi connectivity index (χ1n) is 6.51. The van der Waals surface area contributed by atoms with Crippen molar-refractivity contribution >= 4 is 17.0 Å². The summed E-state index contributed by atoms with van der Waals surface area (Å²) < 4.78 is 7.12. The van der Waals surface area contributed by atoms with E-state index in [1.807, 2.05) is 31.2 Å². The number of rotatable bonds is 4. The molecule has 1 heterocycles. The molecule has 2 aromatic carbocycles. The largest absolute Gasteiger partial charge is 0.494 e. The Morgan fingerprint density at radius 3 is 2.90 bits per heavy atom. The van der Waals surface area contributed by atoms with E-state index in [1.165, 1.54) is 12.1 Å². The molecule has 0 radical (unpaired) electrons. The normalized spacial score (nSPS) is 10.7. The predicted octanol–water partition coefficient (Wildman–Crippen LogP) is 2.52. The average Bonchev–Trinajstić information content (AvgIpc) is 2.90. The van der Waals surface area contributed by atoms with E-state index >= 15 is 0 Å². The van der Waals surface area contributed by atoms with E-state index in [2.05, 4.69) is 10.3 Å². The lowest BCUT2D eigenvalue weighted by molar-refractivity contribution is 0.0697. The molecule has 0 saturated heterocycles. The van der Waals surface area contributed by atoms with Crippen LogP contribution in [0.3, 0.4) is 0 Å². The number of fused-ring (bicyclic) bond motifs is 1. The summed E-state index contributed by atoms with van der Waals surface area (Å²) in [7, 11) is 0. The summed E-state index contributed by atoms with van der Waals surface area (Å²) in [5.74, 6) is -0.231. The lowest BCUT2D eigenvalue weighted by Crippen LogP contribution is -1.99. The monoisotopic (exact) mass is 283 g/mol. The second kappa shape index (κ2) is 5.24. The highest BCUT2D eigenvalue weighted by Crippen LogP contribution is 2.21. The van der Waals surface area contributed by atoms with Crippen LogP contribution in [0.1, 0.15) is 17.3 Å². The number of ether oxygens (including phenoxy) is 1. The first kappa shape index (κ1) is 13.1. The van der Waals surface area contributed by atoms with Crippen LogP contribution in [-0.4, -0.2) is 32.7 Å². The Labute approximate surface area is 120 Å². The van der Waals surface area contributed by atoms with Crippen LogP contribution >= 0.6 is 0 Å². The van der Waals surface area contributed by atoms with E-state index in [1.54, 1.807) is 10.7 Å². The Morgan fingerprint density at radius 2 is 2.14 bits per heavy atom. The number of carboxylic acids is 1. The zero-order valence-corrected chi connectivity index (χ0v) is 11.4. The minimum absolute atomic E-state index is 0.192. The summed E-state index contributed by atoms with van der Waals surface area (Å²) in [5.41, 5.74) is 2.29. The number of aromatic carboxylic acids is 1. The lowest BCUT2D eigenvalue weighted by Gasteiger charge is -2.06. The highest BCUT2D eigenvalue weighted by atomic mass is 16.5. The SMILES string of the molecule is CCOc1cccc(-n2nnc3cc(C(=O)O)ccc32)c1. The number of hydrogen-bond acceptors (Lipinski definition) is 4. The van der Waals surface area contributed by atoms with Crippen molar-refractivity contribution in [2.24, 2.45) is 0 Å². The van der Waals surface area contributed by atoms with Gasteiger partial charge in [-0.05, 0) is 37.3 Å². The topological polar surface area (TPSA) is 77.2 Å². The Hall–Kier alpha value is -2.89. The molecule has 1 N–H and O–H groups in total. The average molecular weight is 283 g/mol. The van der Waals surface area contributed by atoms with Gasteiger partial charge in [0, 0.05) is 6.07 Å². The molecule has 1 aromatic heterocycles. The molecule has 0 aliphatic rings. The summed E-state index contributed by atoms with van der Waals surface area (Å²) in [6, 6.07) is 12.2. The molecular weight excluding hydrogens is 270 g/mol. The fourth-order valence-corrected chi connectivity index (χ4v) is 2.12. The molecule has 106 valence electrons. The van der Waals surface area contributed by atoms with Crippen LogP contribution in [0, 0.1) is 0 Å². The van der Waals surface area contributed by atoms with Gasteiger partial charge in [0.25, 0.3) is 0 Å². The standard InChI is InChI=1S/C15H13N3O3/c1-2-21-12-5-3-4-11(9-12)18-14-7-6-10(15(19)20)8-13(14)16-17-18/h3-9H,2H2,1H3,(H,19,20). The number of hydrogen-bond donors (Lipinski definition) is 1. The maximum absolute atomic E-state index is 11.0. The molecular formula is C15H13N3O3. The molecule has 3 rings (SSSR count). The van der Waals surface area contributed by atoms with Crippen LogP contribution in [-0.2, 0) is 0 Å². The molecule has 3 aromatic rings. The zero-order chi connectivity index (χ0) is 14.8. The summed E-state index contributed by atoms with van der Waals surface area (Å²) >= 11 is 0. The summed E-state index contributed by atoms with van der Waals surface area (Å²) in [5, 5.41) is 17.1. The third-order valence-electron chi connectivity index (χ3n) is 3.07. The maximum atomic E-state index is 11.0. The van der Waals surface area contributed by atoms with Gasteiger partial charge >= 0.3 is 5.97 Å². The van der Waals surface area contributed by atoms with Crippen molar-refractivity contribution in [3.8, 4) is 11.4 Å². The fourth-order valence-electron chi connectivity index (χ4n) is 2.12. The third kappa shape index (κ3) is 2.43. The fraction of sp³-hybridized carbons (Fsp3) is 0.133. The van der Waals surface area contributed by atoms with E-state index in [9.17, 15) is 4.79 Å². The molecule has 0 atom stereocenters. The second-order valence-electron chi connectivity index (χ2n) is 4.44. The Balaban J connectivity index is 2.08. The molecule has 0 saturated carbocycles. The zero-order valence-electron chi connectivity index (χ0n) is 11.4. The van der Waals surface area contributed by atoms with E-state index in [0.29, 0.717) is 12.1 Å². The highest BCUT2D eigenvalue weighted by Gasteiger charge is 2.10. The van der Waals surface area contributed by atoms with Gasteiger partial charge in [-0.3, -0.25) is 0 Å². The van der Waals surface area contributed by atoms with E-state index in [-0.39, 0.29) is 5.56 Å². The number of benzene rings is 2. The minimum atomic E-state index is -0.982.